The summed E-state index contributed by atoms with van der Waals surface area (Å²) >= 11 is 0. The molecule has 5 heteroatoms. The highest BCUT2D eigenvalue weighted by atomic mass is 32.2. The van der Waals surface area contributed by atoms with Gasteiger partial charge in [0.05, 0.1) is 12.4 Å². The van der Waals surface area contributed by atoms with E-state index in [9.17, 15) is 8.42 Å². The van der Waals surface area contributed by atoms with Gasteiger partial charge in [-0.25, -0.2) is 8.42 Å². The fourth-order valence-corrected chi connectivity index (χ4v) is 4.50. The Balaban J connectivity index is 1.77. The van der Waals surface area contributed by atoms with Crippen molar-refractivity contribution in [1.82, 2.24) is 0 Å². The summed E-state index contributed by atoms with van der Waals surface area (Å²) in [5, 5.41) is -0.217. The third-order valence-corrected chi connectivity index (χ3v) is 6.52. The molecule has 2 saturated carbocycles. The van der Waals surface area contributed by atoms with E-state index in [0.29, 0.717) is 11.6 Å². The second-order valence-corrected chi connectivity index (χ2v) is 8.52. The molecule has 0 radical (unpaired) electrons. The van der Waals surface area contributed by atoms with Gasteiger partial charge in [0.15, 0.2) is 0 Å². The lowest BCUT2D eigenvalue weighted by atomic mass is 9.89. The molecule has 4 nitrogen and oxygen atoms in total. The molecule has 2 fully saturated rings. The van der Waals surface area contributed by atoms with E-state index in [-0.39, 0.29) is 5.25 Å². The van der Waals surface area contributed by atoms with Crippen LogP contribution in [0.15, 0.2) is 24.3 Å². The molecule has 0 bridgehead atoms. The van der Waals surface area contributed by atoms with Crippen molar-refractivity contribution in [2.75, 3.05) is 11.8 Å². The van der Waals surface area contributed by atoms with Crippen molar-refractivity contribution >= 4 is 21.8 Å². The van der Waals surface area contributed by atoms with Crippen molar-refractivity contribution in [1.29, 1.82) is 0 Å². The summed E-state index contributed by atoms with van der Waals surface area (Å²) in [6.07, 6.45) is 12.3. The van der Waals surface area contributed by atoms with Crippen molar-refractivity contribution in [3.05, 3.63) is 29.8 Å². The maximum Gasteiger partial charge on any atom is 0.235 e. The molecule has 0 saturated heterocycles. The van der Waals surface area contributed by atoms with Crippen LogP contribution in [0.5, 0.6) is 5.75 Å². The van der Waals surface area contributed by atoms with Gasteiger partial charge in [-0.05, 0) is 49.8 Å². The summed E-state index contributed by atoms with van der Waals surface area (Å²) in [6, 6.07) is 5.44. The lowest BCUT2D eigenvalue weighted by molar-refractivity contribution is 0.413. The standard InChI is InChI=1S/C18H25NO3S/c1-22-18-12-9-16(19-23(20,21)17-10-11-17)13-15(18)8-7-14-5-3-2-4-6-14/h7-9,12-14,17,19H,2-6,10-11H2,1H3. The summed E-state index contributed by atoms with van der Waals surface area (Å²) in [4.78, 5) is 0. The van der Waals surface area contributed by atoms with E-state index in [0.717, 1.165) is 24.2 Å². The zero-order valence-electron chi connectivity index (χ0n) is 13.6. The van der Waals surface area contributed by atoms with E-state index in [1.807, 2.05) is 12.1 Å². The number of hydrogen-bond acceptors (Lipinski definition) is 3. The Kier molecular flexibility index (Phi) is 4.95. The summed E-state index contributed by atoms with van der Waals surface area (Å²) in [5.41, 5.74) is 1.54. The Morgan fingerprint density at radius 1 is 1.13 bits per heavy atom. The van der Waals surface area contributed by atoms with Crippen molar-refractivity contribution in [2.24, 2.45) is 5.92 Å². The maximum absolute atomic E-state index is 12.1. The van der Waals surface area contributed by atoms with Crippen molar-refractivity contribution in [2.45, 2.75) is 50.2 Å². The molecule has 2 aliphatic carbocycles. The normalized spacial score (nSPS) is 19.9. The van der Waals surface area contributed by atoms with Crippen LogP contribution in [0.3, 0.4) is 0 Å². The third kappa shape index (κ3) is 4.28. The number of benzene rings is 1. The average Bonchev–Trinajstić information content (AvgIpc) is 3.39. The zero-order chi connectivity index (χ0) is 16.3. The van der Waals surface area contributed by atoms with Crippen LogP contribution in [-0.2, 0) is 10.0 Å². The van der Waals surface area contributed by atoms with E-state index in [4.69, 9.17) is 4.74 Å². The highest BCUT2D eigenvalue weighted by molar-refractivity contribution is 7.93. The molecule has 0 aliphatic heterocycles. The maximum atomic E-state index is 12.1. The van der Waals surface area contributed by atoms with Gasteiger partial charge in [-0.1, -0.05) is 31.4 Å². The fraction of sp³-hybridized carbons (Fsp3) is 0.556. The molecule has 0 atom stereocenters. The molecule has 0 heterocycles. The van der Waals surface area contributed by atoms with Gasteiger partial charge in [0.2, 0.25) is 10.0 Å². The van der Waals surface area contributed by atoms with Crippen molar-refractivity contribution < 1.29 is 13.2 Å². The largest absolute Gasteiger partial charge is 0.496 e. The summed E-state index contributed by atoms with van der Waals surface area (Å²) < 4.78 is 32.2. The van der Waals surface area contributed by atoms with Gasteiger partial charge < -0.3 is 4.74 Å². The molecule has 1 aromatic carbocycles. The Bertz CT molecular complexity index is 672. The van der Waals surface area contributed by atoms with Gasteiger partial charge in [0.1, 0.15) is 5.75 Å². The fourth-order valence-electron chi connectivity index (χ4n) is 3.12. The van der Waals surface area contributed by atoms with E-state index in [2.05, 4.69) is 16.9 Å². The molecule has 0 amide bonds. The van der Waals surface area contributed by atoms with E-state index >= 15 is 0 Å². The summed E-state index contributed by atoms with van der Waals surface area (Å²) in [6.45, 7) is 0. The van der Waals surface area contributed by atoms with E-state index in [1.54, 1.807) is 13.2 Å². The molecule has 126 valence electrons. The van der Waals surface area contributed by atoms with Crippen LogP contribution in [0.1, 0.15) is 50.5 Å². The second kappa shape index (κ2) is 6.95. The van der Waals surface area contributed by atoms with Crippen LogP contribution < -0.4 is 9.46 Å². The Morgan fingerprint density at radius 3 is 2.52 bits per heavy atom. The predicted octanol–water partition coefficient (Wildman–Crippen LogP) is 4.19. The molecule has 23 heavy (non-hydrogen) atoms. The highest BCUT2D eigenvalue weighted by Gasteiger charge is 2.35. The first kappa shape index (κ1) is 16.4. The Hall–Kier alpha value is -1.49. The van der Waals surface area contributed by atoms with Gasteiger partial charge in [0, 0.05) is 11.3 Å². The first-order valence-electron chi connectivity index (χ1n) is 8.46. The van der Waals surface area contributed by atoms with Crippen LogP contribution in [0.25, 0.3) is 6.08 Å². The number of methoxy groups -OCH3 is 1. The Labute approximate surface area is 139 Å². The molecule has 2 aliphatic rings. The van der Waals surface area contributed by atoms with Gasteiger partial charge in [-0.3, -0.25) is 4.72 Å². The summed E-state index contributed by atoms with van der Waals surface area (Å²) in [5.74, 6) is 1.40. The minimum atomic E-state index is -3.23. The average molecular weight is 335 g/mol. The molecule has 1 N–H and O–H groups in total. The lowest BCUT2D eigenvalue weighted by Gasteiger charge is -2.18. The number of ether oxygens (including phenoxy) is 1. The number of allylic oxidation sites excluding steroid dienone is 1. The number of nitrogens with one attached hydrogen (secondary N) is 1. The molecule has 0 spiro atoms. The van der Waals surface area contributed by atoms with Crippen LogP contribution in [0, 0.1) is 5.92 Å². The first-order chi connectivity index (χ1) is 11.1. The van der Waals surface area contributed by atoms with E-state index < -0.39 is 10.0 Å². The minimum Gasteiger partial charge on any atom is -0.496 e. The SMILES string of the molecule is COc1ccc(NS(=O)(=O)C2CC2)cc1C=CC1CCCCC1. The molecule has 0 unspecified atom stereocenters. The molecular formula is C18H25NO3S. The topological polar surface area (TPSA) is 55.4 Å². The van der Waals surface area contributed by atoms with E-state index in [1.165, 1.54) is 32.1 Å². The molecule has 0 aromatic heterocycles. The quantitative estimate of drug-likeness (QED) is 0.848. The lowest BCUT2D eigenvalue weighted by Crippen LogP contribution is -2.17. The Morgan fingerprint density at radius 2 is 1.87 bits per heavy atom. The number of hydrogen-bond donors (Lipinski definition) is 1. The smallest absolute Gasteiger partial charge is 0.235 e. The molecular weight excluding hydrogens is 310 g/mol. The van der Waals surface area contributed by atoms with Crippen LogP contribution in [-0.4, -0.2) is 20.8 Å². The molecule has 3 rings (SSSR count). The van der Waals surface area contributed by atoms with Crippen LogP contribution in [0.2, 0.25) is 0 Å². The monoisotopic (exact) mass is 335 g/mol. The second-order valence-electron chi connectivity index (χ2n) is 6.56. The van der Waals surface area contributed by atoms with Gasteiger partial charge in [0.25, 0.3) is 0 Å². The van der Waals surface area contributed by atoms with Gasteiger partial charge in [-0.15, -0.1) is 0 Å². The summed E-state index contributed by atoms with van der Waals surface area (Å²) in [7, 11) is -1.59. The van der Waals surface area contributed by atoms with Gasteiger partial charge >= 0.3 is 0 Å². The minimum absolute atomic E-state index is 0.217. The first-order valence-corrected chi connectivity index (χ1v) is 10.0. The third-order valence-electron chi connectivity index (χ3n) is 4.65. The highest BCUT2D eigenvalue weighted by Crippen LogP contribution is 2.32. The van der Waals surface area contributed by atoms with Crippen molar-refractivity contribution in [3.63, 3.8) is 0 Å². The van der Waals surface area contributed by atoms with Crippen LogP contribution in [0.4, 0.5) is 5.69 Å². The van der Waals surface area contributed by atoms with Crippen LogP contribution >= 0.6 is 0 Å². The van der Waals surface area contributed by atoms with Crippen molar-refractivity contribution in [3.8, 4) is 5.75 Å². The molecule has 1 aromatic rings. The number of sulfonamides is 1. The van der Waals surface area contributed by atoms with Gasteiger partial charge in [-0.2, -0.15) is 0 Å². The zero-order valence-corrected chi connectivity index (χ0v) is 14.4. The number of rotatable bonds is 6. The number of anilines is 1. The predicted molar refractivity (Wildman–Crippen MR) is 94.2 cm³/mol.